The first-order valence-electron chi connectivity index (χ1n) is 5.20. The zero-order chi connectivity index (χ0) is 14.0. The summed E-state index contributed by atoms with van der Waals surface area (Å²) < 4.78 is 1.92. The molecule has 1 heterocycles. The Bertz CT molecular complexity index is 750. The second kappa shape index (κ2) is 5.19. The number of aromatic amines is 1. The lowest BCUT2D eigenvalue weighted by Crippen LogP contribution is -2.31. The highest BCUT2D eigenvalue weighted by Crippen LogP contribution is 2.12. The molecule has 1 aromatic heterocycles. The quantitative estimate of drug-likeness (QED) is 0.678. The maximum absolute atomic E-state index is 11.6. The molecule has 98 valence electrons. The summed E-state index contributed by atoms with van der Waals surface area (Å²) in [7, 11) is 0. The molecule has 0 amide bonds. The number of halogens is 1. The Kier molecular flexibility index (Phi) is 3.61. The van der Waals surface area contributed by atoms with Crippen LogP contribution in [0.15, 0.2) is 44.5 Å². The normalized spacial score (nSPS) is 10.4. The van der Waals surface area contributed by atoms with Gasteiger partial charge in [-0.05, 0) is 17.7 Å². The molecule has 2 rings (SSSR count). The van der Waals surface area contributed by atoms with Crippen LogP contribution in [-0.2, 0) is 6.54 Å². The SMILES string of the molecule is O=c1[nH]c(=O)n(Cc2cccc(Br)c2)cc1[N+](=O)[O-]. The number of benzene rings is 1. The molecular weight excluding hydrogens is 318 g/mol. The van der Waals surface area contributed by atoms with E-state index in [4.69, 9.17) is 0 Å². The van der Waals surface area contributed by atoms with E-state index in [1.807, 2.05) is 11.1 Å². The predicted octanol–water partition coefficient (Wildman–Crippen LogP) is 1.26. The first-order chi connectivity index (χ1) is 8.97. The third kappa shape index (κ3) is 2.97. The number of rotatable bonds is 3. The minimum Gasteiger partial charge on any atom is -0.289 e. The summed E-state index contributed by atoms with van der Waals surface area (Å²) in [4.78, 5) is 34.6. The Morgan fingerprint density at radius 2 is 2.11 bits per heavy atom. The van der Waals surface area contributed by atoms with E-state index >= 15 is 0 Å². The molecule has 19 heavy (non-hydrogen) atoms. The Labute approximate surface area is 114 Å². The first-order valence-corrected chi connectivity index (χ1v) is 5.99. The van der Waals surface area contributed by atoms with Gasteiger partial charge in [0.2, 0.25) is 0 Å². The monoisotopic (exact) mass is 325 g/mol. The molecule has 0 aliphatic carbocycles. The highest BCUT2D eigenvalue weighted by Gasteiger charge is 2.14. The zero-order valence-corrected chi connectivity index (χ0v) is 11.1. The van der Waals surface area contributed by atoms with E-state index in [2.05, 4.69) is 15.9 Å². The molecule has 1 N–H and O–H groups in total. The third-order valence-electron chi connectivity index (χ3n) is 2.43. The van der Waals surface area contributed by atoms with Gasteiger partial charge < -0.3 is 0 Å². The van der Waals surface area contributed by atoms with Gasteiger partial charge in [-0.15, -0.1) is 0 Å². The molecule has 0 radical (unpaired) electrons. The van der Waals surface area contributed by atoms with Crippen molar-refractivity contribution in [3.8, 4) is 0 Å². The van der Waals surface area contributed by atoms with Gasteiger partial charge in [-0.2, -0.15) is 0 Å². The zero-order valence-electron chi connectivity index (χ0n) is 9.50. The fourth-order valence-corrected chi connectivity index (χ4v) is 2.02. The minimum atomic E-state index is -1.000. The predicted molar refractivity (Wildman–Crippen MR) is 71.2 cm³/mol. The van der Waals surface area contributed by atoms with Gasteiger partial charge in [0.15, 0.2) is 0 Å². The average Bonchev–Trinajstić information content (AvgIpc) is 2.32. The fourth-order valence-electron chi connectivity index (χ4n) is 1.58. The number of aromatic nitrogens is 2. The largest absolute Gasteiger partial charge is 0.350 e. The van der Waals surface area contributed by atoms with Crippen molar-refractivity contribution in [2.45, 2.75) is 6.54 Å². The molecule has 0 aliphatic heterocycles. The van der Waals surface area contributed by atoms with Crippen LogP contribution in [0.5, 0.6) is 0 Å². The Morgan fingerprint density at radius 1 is 1.37 bits per heavy atom. The van der Waals surface area contributed by atoms with Crippen LogP contribution in [0.3, 0.4) is 0 Å². The van der Waals surface area contributed by atoms with Crippen LogP contribution in [0.1, 0.15) is 5.56 Å². The fraction of sp³-hybridized carbons (Fsp3) is 0.0909. The van der Waals surface area contributed by atoms with Crippen LogP contribution in [0.4, 0.5) is 5.69 Å². The van der Waals surface area contributed by atoms with Gasteiger partial charge in [-0.3, -0.25) is 24.5 Å². The van der Waals surface area contributed by atoms with Crippen LogP contribution in [0.25, 0.3) is 0 Å². The summed E-state index contributed by atoms with van der Waals surface area (Å²) in [5, 5.41) is 10.7. The van der Waals surface area contributed by atoms with Crippen molar-refractivity contribution in [1.82, 2.24) is 9.55 Å². The van der Waals surface area contributed by atoms with Crippen LogP contribution in [-0.4, -0.2) is 14.5 Å². The smallest absolute Gasteiger partial charge is 0.289 e. The van der Waals surface area contributed by atoms with E-state index in [-0.39, 0.29) is 6.54 Å². The van der Waals surface area contributed by atoms with E-state index in [1.54, 1.807) is 18.2 Å². The van der Waals surface area contributed by atoms with Gasteiger partial charge >= 0.3 is 16.9 Å². The molecular formula is C11H8BrN3O4. The summed E-state index contributed by atoms with van der Waals surface area (Å²) in [6.45, 7) is 0.135. The lowest BCUT2D eigenvalue weighted by Gasteiger charge is -2.05. The molecule has 7 nitrogen and oxygen atoms in total. The van der Waals surface area contributed by atoms with E-state index in [9.17, 15) is 19.7 Å². The third-order valence-corrected chi connectivity index (χ3v) is 2.92. The Balaban J connectivity index is 2.46. The highest BCUT2D eigenvalue weighted by atomic mass is 79.9. The average molecular weight is 326 g/mol. The Hall–Kier alpha value is -2.22. The number of H-pyrrole nitrogens is 1. The lowest BCUT2D eigenvalue weighted by molar-refractivity contribution is -0.386. The molecule has 0 spiro atoms. The molecule has 8 heteroatoms. The number of nitro groups is 1. The molecule has 0 atom stereocenters. The van der Waals surface area contributed by atoms with Crippen molar-refractivity contribution in [3.05, 3.63) is 71.5 Å². The van der Waals surface area contributed by atoms with E-state index < -0.39 is 21.9 Å². The maximum atomic E-state index is 11.6. The van der Waals surface area contributed by atoms with Crippen molar-refractivity contribution >= 4 is 21.6 Å². The van der Waals surface area contributed by atoms with Gasteiger partial charge in [-0.1, -0.05) is 28.1 Å². The molecule has 0 fully saturated rings. The highest BCUT2D eigenvalue weighted by molar-refractivity contribution is 9.10. The Morgan fingerprint density at radius 3 is 2.74 bits per heavy atom. The van der Waals surface area contributed by atoms with E-state index in [0.29, 0.717) is 0 Å². The molecule has 0 bridgehead atoms. The minimum absolute atomic E-state index is 0.135. The molecule has 1 aromatic carbocycles. The molecule has 0 unspecified atom stereocenters. The van der Waals surface area contributed by atoms with Gasteiger partial charge in [-0.25, -0.2) is 4.79 Å². The van der Waals surface area contributed by atoms with Crippen LogP contribution >= 0.6 is 15.9 Å². The number of nitrogens with zero attached hydrogens (tertiary/aromatic N) is 2. The first kappa shape index (κ1) is 13.2. The number of hydrogen-bond donors (Lipinski definition) is 1. The lowest BCUT2D eigenvalue weighted by atomic mass is 10.2. The van der Waals surface area contributed by atoms with Crippen molar-refractivity contribution in [2.24, 2.45) is 0 Å². The van der Waals surface area contributed by atoms with Crippen LogP contribution in [0.2, 0.25) is 0 Å². The second-order valence-corrected chi connectivity index (χ2v) is 4.70. The van der Waals surface area contributed by atoms with Crippen molar-refractivity contribution in [3.63, 3.8) is 0 Å². The summed E-state index contributed by atoms with van der Waals surface area (Å²) in [6.07, 6.45) is 0.946. The van der Waals surface area contributed by atoms with E-state index in [1.165, 1.54) is 0 Å². The van der Waals surface area contributed by atoms with E-state index in [0.717, 1.165) is 20.8 Å². The van der Waals surface area contributed by atoms with Crippen molar-refractivity contribution < 1.29 is 4.92 Å². The van der Waals surface area contributed by atoms with Gasteiger partial charge in [0.05, 0.1) is 17.7 Å². The summed E-state index contributed by atoms with van der Waals surface area (Å²) in [5.41, 5.74) is -1.57. The molecule has 0 saturated heterocycles. The summed E-state index contributed by atoms with van der Waals surface area (Å²) in [6, 6.07) is 7.16. The van der Waals surface area contributed by atoms with Crippen LogP contribution < -0.4 is 11.2 Å². The van der Waals surface area contributed by atoms with Crippen molar-refractivity contribution in [2.75, 3.05) is 0 Å². The van der Waals surface area contributed by atoms with Gasteiger partial charge in [0, 0.05) is 4.47 Å². The number of nitrogens with one attached hydrogen (secondary N) is 1. The summed E-state index contributed by atoms with van der Waals surface area (Å²) >= 11 is 3.29. The molecule has 0 aliphatic rings. The topological polar surface area (TPSA) is 98.0 Å². The van der Waals surface area contributed by atoms with Gasteiger partial charge in [0.1, 0.15) is 0 Å². The molecule has 2 aromatic rings. The van der Waals surface area contributed by atoms with Crippen LogP contribution in [0, 0.1) is 10.1 Å². The van der Waals surface area contributed by atoms with Crippen molar-refractivity contribution in [1.29, 1.82) is 0 Å². The number of hydrogen-bond acceptors (Lipinski definition) is 4. The second-order valence-electron chi connectivity index (χ2n) is 3.79. The maximum Gasteiger partial charge on any atom is 0.350 e. The standard InChI is InChI=1S/C11H8BrN3O4/c12-8-3-1-2-7(4-8)5-14-6-9(15(18)19)10(16)13-11(14)17/h1-4,6H,5H2,(H,13,16,17). The molecule has 0 saturated carbocycles. The summed E-state index contributed by atoms with van der Waals surface area (Å²) in [5.74, 6) is 0. The van der Waals surface area contributed by atoms with Gasteiger partial charge in [0.25, 0.3) is 0 Å².